The molecule has 11 heteroatoms. The van der Waals surface area contributed by atoms with Crippen molar-refractivity contribution >= 4 is 40.6 Å². The number of hydrogen-bond acceptors (Lipinski definition) is 5. The van der Waals surface area contributed by atoms with Gasteiger partial charge in [0.25, 0.3) is 0 Å². The van der Waals surface area contributed by atoms with E-state index in [0.29, 0.717) is 29.2 Å². The summed E-state index contributed by atoms with van der Waals surface area (Å²) in [6.07, 6.45) is 2.41. The van der Waals surface area contributed by atoms with Crippen molar-refractivity contribution in [1.82, 2.24) is 15.2 Å². The zero-order chi connectivity index (χ0) is 24.2. The molecule has 1 aromatic heterocycles. The summed E-state index contributed by atoms with van der Waals surface area (Å²) >= 11 is 5.95. The highest BCUT2D eigenvalue weighted by molar-refractivity contribution is 6.31. The third-order valence-electron chi connectivity index (χ3n) is 5.57. The fourth-order valence-corrected chi connectivity index (χ4v) is 4.05. The van der Waals surface area contributed by atoms with Gasteiger partial charge in [-0.05, 0) is 47.7 Å². The quantitative estimate of drug-likeness (QED) is 0.391. The molecular formula is C23H22ClF2N5O3. The summed E-state index contributed by atoms with van der Waals surface area (Å²) in [6.45, 7) is 0.293. The van der Waals surface area contributed by atoms with E-state index in [9.17, 15) is 18.4 Å². The van der Waals surface area contributed by atoms with Gasteiger partial charge in [0.1, 0.15) is 11.6 Å². The van der Waals surface area contributed by atoms with E-state index in [1.54, 1.807) is 12.1 Å². The van der Waals surface area contributed by atoms with Crippen LogP contribution < -0.4 is 16.1 Å². The van der Waals surface area contributed by atoms with Crippen molar-refractivity contribution in [2.75, 3.05) is 18.2 Å². The smallest absolute Gasteiger partial charge is 0.318 e. The lowest BCUT2D eigenvalue weighted by atomic mass is 10.2. The Kier molecular flexibility index (Phi) is 7.20. The van der Waals surface area contributed by atoms with Gasteiger partial charge in [-0.25, -0.2) is 18.6 Å². The number of nitrogens with one attached hydrogen (secondary N) is 1. The van der Waals surface area contributed by atoms with Gasteiger partial charge in [0, 0.05) is 30.7 Å². The average molecular weight is 490 g/mol. The van der Waals surface area contributed by atoms with Gasteiger partial charge in [0.05, 0.1) is 17.7 Å². The Bertz CT molecular complexity index is 1210. The number of likely N-dealkylation sites (tertiary alicyclic amines) is 1. The monoisotopic (exact) mass is 489 g/mol. The normalized spacial score (nSPS) is 17.7. The van der Waals surface area contributed by atoms with Crippen LogP contribution in [0.1, 0.15) is 12.0 Å². The van der Waals surface area contributed by atoms with Gasteiger partial charge in [-0.2, -0.15) is 5.06 Å². The maximum atomic E-state index is 13.6. The van der Waals surface area contributed by atoms with E-state index in [1.807, 2.05) is 0 Å². The van der Waals surface area contributed by atoms with Crippen LogP contribution in [0.4, 0.5) is 19.4 Å². The van der Waals surface area contributed by atoms with E-state index in [0.717, 1.165) is 5.06 Å². The van der Waals surface area contributed by atoms with Crippen molar-refractivity contribution in [2.24, 2.45) is 5.73 Å². The van der Waals surface area contributed by atoms with E-state index in [-0.39, 0.29) is 36.6 Å². The number of amides is 3. The Morgan fingerprint density at radius 3 is 2.91 bits per heavy atom. The van der Waals surface area contributed by atoms with E-state index in [2.05, 4.69) is 10.3 Å². The molecule has 8 nitrogen and oxygen atoms in total. The number of nitrogens with zero attached hydrogens (tertiary/aromatic N) is 3. The molecule has 34 heavy (non-hydrogen) atoms. The molecule has 0 saturated carbocycles. The minimum atomic E-state index is -0.568. The molecule has 1 aliphatic heterocycles. The molecule has 3 N–H and O–H groups in total. The van der Waals surface area contributed by atoms with Gasteiger partial charge in [0.2, 0.25) is 6.41 Å². The van der Waals surface area contributed by atoms with Crippen molar-refractivity contribution in [3.63, 3.8) is 0 Å². The third kappa shape index (κ3) is 5.24. The van der Waals surface area contributed by atoms with Crippen LogP contribution in [0.5, 0.6) is 0 Å². The summed E-state index contributed by atoms with van der Waals surface area (Å²) < 4.78 is 27.2. The summed E-state index contributed by atoms with van der Waals surface area (Å²) in [4.78, 5) is 35.7. The molecule has 0 bridgehead atoms. The van der Waals surface area contributed by atoms with Gasteiger partial charge in [-0.1, -0.05) is 23.7 Å². The highest BCUT2D eigenvalue weighted by Gasteiger charge is 2.34. The summed E-state index contributed by atoms with van der Waals surface area (Å²) in [6, 6.07) is 9.02. The van der Waals surface area contributed by atoms with Crippen molar-refractivity contribution in [1.29, 1.82) is 0 Å². The highest BCUT2D eigenvalue weighted by Crippen LogP contribution is 2.23. The highest BCUT2D eigenvalue weighted by atomic mass is 35.5. The lowest BCUT2D eigenvalue weighted by molar-refractivity contribution is -0.114. The van der Waals surface area contributed by atoms with Crippen LogP contribution in [0.3, 0.4) is 0 Å². The van der Waals surface area contributed by atoms with Crippen LogP contribution in [0.15, 0.2) is 48.7 Å². The van der Waals surface area contributed by atoms with Crippen LogP contribution in [0.2, 0.25) is 5.02 Å². The van der Waals surface area contributed by atoms with Crippen LogP contribution in [0.25, 0.3) is 10.8 Å². The molecule has 0 spiro atoms. The van der Waals surface area contributed by atoms with Gasteiger partial charge < -0.3 is 16.0 Å². The number of pyridine rings is 1. The largest absolute Gasteiger partial charge is 0.334 e. The molecule has 0 aliphatic carbocycles. The molecule has 2 aromatic carbocycles. The molecule has 0 radical (unpaired) electrons. The number of halogens is 3. The Morgan fingerprint density at radius 1 is 1.29 bits per heavy atom. The van der Waals surface area contributed by atoms with Crippen molar-refractivity contribution in [3.05, 3.63) is 70.9 Å². The van der Waals surface area contributed by atoms with Crippen molar-refractivity contribution in [2.45, 2.75) is 25.0 Å². The van der Waals surface area contributed by atoms with E-state index in [4.69, 9.17) is 22.2 Å². The number of urea groups is 1. The van der Waals surface area contributed by atoms with Crippen molar-refractivity contribution in [3.8, 4) is 0 Å². The number of rotatable bonds is 7. The standard InChI is InChI=1S/C23H22ClF2N5O3/c24-22-15(2-1-3-20(22)26)10-29-23(33)30-11-18(27)8-19(30)12-34-31(13-32)21-7-16-6-17(25)5-4-14(16)9-28-21/h1-7,9,13,18-19H,8,10-12,27H2,(H,29,33)/t18-,19+/m1/s1. The van der Waals surface area contributed by atoms with Gasteiger partial charge >= 0.3 is 6.03 Å². The molecule has 2 heterocycles. The van der Waals surface area contributed by atoms with Gasteiger partial charge in [0.15, 0.2) is 5.82 Å². The molecule has 2 atom stereocenters. The SMILES string of the molecule is N[C@@H]1C[C@@H](CON(C=O)c2cc3cc(F)ccc3cn2)N(C(=O)NCc2cccc(F)c2Cl)C1. The number of aromatic nitrogens is 1. The second kappa shape index (κ2) is 10.3. The van der Waals surface area contributed by atoms with E-state index in [1.165, 1.54) is 41.4 Å². The number of nitrogens with two attached hydrogens (primary N) is 1. The second-order valence-electron chi connectivity index (χ2n) is 7.93. The summed E-state index contributed by atoms with van der Waals surface area (Å²) in [5.74, 6) is -0.807. The molecule has 178 valence electrons. The lowest BCUT2D eigenvalue weighted by Gasteiger charge is -2.26. The predicted octanol–water partition coefficient (Wildman–Crippen LogP) is 3.37. The summed E-state index contributed by atoms with van der Waals surface area (Å²) in [7, 11) is 0. The molecular weight excluding hydrogens is 468 g/mol. The second-order valence-corrected chi connectivity index (χ2v) is 8.31. The first-order chi connectivity index (χ1) is 16.4. The van der Waals surface area contributed by atoms with Crippen LogP contribution in [-0.4, -0.2) is 47.6 Å². The number of benzene rings is 2. The number of carbonyl (C=O) groups excluding carboxylic acids is 2. The molecule has 1 fully saturated rings. The number of anilines is 1. The van der Waals surface area contributed by atoms with Crippen LogP contribution in [0, 0.1) is 11.6 Å². The number of fused-ring (bicyclic) bond motifs is 1. The Morgan fingerprint density at radius 2 is 2.12 bits per heavy atom. The zero-order valence-electron chi connectivity index (χ0n) is 18.0. The first-order valence-electron chi connectivity index (χ1n) is 10.5. The maximum Gasteiger partial charge on any atom is 0.318 e. The van der Waals surface area contributed by atoms with E-state index < -0.39 is 23.7 Å². The van der Waals surface area contributed by atoms with Crippen molar-refractivity contribution < 1.29 is 23.2 Å². The maximum absolute atomic E-state index is 13.6. The Balaban J connectivity index is 1.40. The lowest BCUT2D eigenvalue weighted by Crippen LogP contribution is -2.45. The van der Waals surface area contributed by atoms with Gasteiger partial charge in [-0.15, -0.1) is 0 Å². The topological polar surface area (TPSA) is 101 Å². The number of carbonyl (C=O) groups is 2. The molecule has 0 unspecified atom stereocenters. The van der Waals surface area contributed by atoms with Gasteiger partial charge in [-0.3, -0.25) is 9.63 Å². The molecule has 1 saturated heterocycles. The molecule has 3 aromatic rings. The minimum absolute atomic E-state index is 0.0244. The third-order valence-corrected chi connectivity index (χ3v) is 5.99. The molecule has 1 aliphatic rings. The molecule has 4 rings (SSSR count). The minimum Gasteiger partial charge on any atom is -0.334 e. The van der Waals surface area contributed by atoms with Crippen LogP contribution >= 0.6 is 11.6 Å². The Hall–Kier alpha value is -3.34. The van der Waals surface area contributed by atoms with Crippen LogP contribution in [-0.2, 0) is 16.2 Å². The average Bonchev–Trinajstić information content (AvgIpc) is 3.20. The Labute approximate surface area is 199 Å². The first kappa shape index (κ1) is 23.8. The first-order valence-corrected chi connectivity index (χ1v) is 10.9. The van der Waals surface area contributed by atoms with E-state index >= 15 is 0 Å². The zero-order valence-corrected chi connectivity index (χ0v) is 18.7. The fourth-order valence-electron chi connectivity index (χ4n) is 3.85. The number of hydroxylamine groups is 1. The molecule has 3 amide bonds. The predicted molar refractivity (Wildman–Crippen MR) is 123 cm³/mol. The summed E-state index contributed by atoms with van der Waals surface area (Å²) in [5.41, 5.74) is 6.49. The number of hydrogen-bond donors (Lipinski definition) is 2. The summed E-state index contributed by atoms with van der Waals surface area (Å²) in [5, 5.41) is 4.85. The fraction of sp³-hybridized carbons (Fsp3) is 0.261.